The lowest BCUT2D eigenvalue weighted by atomic mass is 10.1. The standard InChI is InChI=1S/C20H21FN6O/c1-15-3-2-4-16(13-15)20(28)26-11-9-25(10-12-26)14-19-22-23-24-27(19)18-7-5-17(21)6-8-18/h2-8,13H,9-12,14H2,1H3. The second-order valence-electron chi connectivity index (χ2n) is 6.92. The Morgan fingerprint density at radius 2 is 1.82 bits per heavy atom. The zero-order valence-corrected chi connectivity index (χ0v) is 15.6. The first-order valence-electron chi connectivity index (χ1n) is 9.21. The van der Waals surface area contributed by atoms with Crippen molar-refractivity contribution in [3.8, 4) is 5.69 Å². The number of amides is 1. The van der Waals surface area contributed by atoms with Gasteiger partial charge in [0.2, 0.25) is 0 Å². The molecule has 1 aromatic heterocycles. The summed E-state index contributed by atoms with van der Waals surface area (Å²) in [6.45, 7) is 5.36. The Hall–Kier alpha value is -3.13. The summed E-state index contributed by atoms with van der Waals surface area (Å²) in [6.07, 6.45) is 0. The Morgan fingerprint density at radius 3 is 2.54 bits per heavy atom. The van der Waals surface area contributed by atoms with E-state index in [-0.39, 0.29) is 11.7 Å². The highest BCUT2D eigenvalue weighted by Gasteiger charge is 2.23. The minimum atomic E-state index is -0.298. The van der Waals surface area contributed by atoms with Crippen molar-refractivity contribution in [1.29, 1.82) is 0 Å². The first-order chi connectivity index (χ1) is 13.6. The Morgan fingerprint density at radius 1 is 1.07 bits per heavy atom. The number of rotatable bonds is 4. The lowest BCUT2D eigenvalue weighted by Gasteiger charge is -2.34. The van der Waals surface area contributed by atoms with Crippen LogP contribution in [0.5, 0.6) is 0 Å². The van der Waals surface area contributed by atoms with Crippen molar-refractivity contribution in [3.05, 3.63) is 71.3 Å². The van der Waals surface area contributed by atoms with Crippen molar-refractivity contribution >= 4 is 5.91 Å². The summed E-state index contributed by atoms with van der Waals surface area (Å²) in [7, 11) is 0. The Labute approximate surface area is 162 Å². The number of carbonyl (C=O) groups excluding carboxylic acids is 1. The number of aromatic nitrogens is 4. The monoisotopic (exact) mass is 380 g/mol. The van der Waals surface area contributed by atoms with Crippen molar-refractivity contribution in [1.82, 2.24) is 30.0 Å². The van der Waals surface area contributed by atoms with E-state index in [0.29, 0.717) is 25.5 Å². The first kappa shape index (κ1) is 18.2. The van der Waals surface area contributed by atoms with Crippen LogP contribution in [0.25, 0.3) is 5.69 Å². The van der Waals surface area contributed by atoms with Gasteiger partial charge in [-0.2, -0.15) is 4.68 Å². The van der Waals surface area contributed by atoms with Gasteiger partial charge in [-0.1, -0.05) is 17.7 Å². The molecule has 0 bridgehead atoms. The molecule has 8 heteroatoms. The van der Waals surface area contributed by atoms with Crippen LogP contribution in [0.15, 0.2) is 48.5 Å². The maximum Gasteiger partial charge on any atom is 0.253 e. The number of piperazine rings is 1. The van der Waals surface area contributed by atoms with Crippen LogP contribution in [-0.4, -0.2) is 62.1 Å². The fourth-order valence-corrected chi connectivity index (χ4v) is 3.36. The Bertz CT molecular complexity index is 963. The molecule has 2 aromatic carbocycles. The predicted octanol–water partition coefficient (Wildman–Crippen LogP) is 2.07. The van der Waals surface area contributed by atoms with Crippen LogP contribution in [0.3, 0.4) is 0 Å². The van der Waals surface area contributed by atoms with Crippen LogP contribution in [0.4, 0.5) is 4.39 Å². The summed E-state index contributed by atoms with van der Waals surface area (Å²) in [6, 6.07) is 13.7. The number of carbonyl (C=O) groups is 1. The summed E-state index contributed by atoms with van der Waals surface area (Å²) >= 11 is 0. The van der Waals surface area contributed by atoms with Crippen LogP contribution in [0, 0.1) is 12.7 Å². The smallest absolute Gasteiger partial charge is 0.253 e. The van der Waals surface area contributed by atoms with Crippen molar-refractivity contribution < 1.29 is 9.18 Å². The first-order valence-corrected chi connectivity index (χ1v) is 9.21. The van der Waals surface area contributed by atoms with Crippen molar-refractivity contribution in [3.63, 3.8) is 0 Å². The number of halogens is 1. The summed E-state index contributed by atoms with van der Waals surface area (Å²) in [5.74, 6) is 0.456. The van der Waals surface area contributed by atoms with Crippen LogP contribution in [-0.2, 0) is 6.54 Å². The molecule has 7 nitrogen and oxygen atoms in total. The van der Waals surface area contributed by atoms with Crippen LogP contribution in [0.1, 0.15) is 21.7 Å². The molecule has 4 rings (SSSR count). The summed E-state index contributed by atoms with van der Waals surface area (Å²) in [4.78, 5) is 16.8. The van der Waals surface area contributed by atoms with E-state index >= 15 is 0 Å². The zero-order chi connectivity index (χ0) is 19.5. The molecule has 2 heterocycles. The van der Waals surface area contributed by atoms with Crippen LogP contribution < -0.4 is 0 Å². The average molecular weight is 380 g/mol. The summed E-state index contributed by atoms with van der Waals surface area (Å²) in [5.41, 5.74) is 2.53. The van der Waals surface area contributed by atoms with Crippen molar-refractivity contribution in [2.75, 3.05) is 26.2 Å². The fraction of sp³-hybridized carbons (Fsp3) is 0.300. The van der Waals surface area contributed by atoms with Crippen LogP contribution >= 0.6 is 0 Å². The van der Waals surface area contributed by atoms with E-state index in [1.54, 1.807) is 16.8 Å². The summed E-state index contributed by atoms with van der Waals surface area (Å²) < 4.78 is 14.8. The largest absolute Gasteiger partial charge is 0.336 e. The van der Waals surface area contributed by atoms with E-state index in [4.69, 9.17) is 0 Å². The van der Waals surface area contributed by atoms with Gasteiger partial charge in [0.1, 0.15) is 5.82 Å². The maximum absolute atomic E-state index is 13.1. The summed E-state index contributed by atoms with van der Waals surface area (Å²) in [5, 5.41) is 11.9. The number of nitrogens with zero attached hydrogens (tertiary/aromatic N) is 6. The molecule has 28 heavy (non-hydrogen) atoms. The average Bonchev–Trinajstić information content (AvgIpc) is 3.17. The maximum atomic E-state index is 13.1. The van der Waals surface area contributed by atoms with Gasteiger partial charge in [-0.25, -0.2) is 4.39 Å². The van der Waals surface area contributed by atoms with E-state index in [1.165, 1.54) is 12.1 Å². The molecule has 1 amide bonds. The van der Waals surface area contributed by atoms with E-state index in [1.807, 2.05) is 36.1 Å². The minimum Gasteiger partial charge on any atom is -0.336 e. The number of tetrazole rings is 1. The van der Waals surface area contributed by atoms with E-state index in [9.17, 15) is 9.18 Å². The lowest BCUT2D eigenvalue weighted by molar-refractivity contribution is 0.0624. The fourth-order valence-electron chi connectivity index (χ4n) is 3.36. The number of aryl methyl sites for hydroxylation is 1. The number of hydrogen-bond donors (Lipinski definition) is 0. The van der Waals surface area contributed by atoms with Crippen molar-refractivity contribution in [2.45, 2.75) is 13.5 Å². The van der Waals surface area contributed by atoms with Gasteiger partial charge in [0.25, 0.3) is 5.91 Å². The van der Waals surface area contributed by atoms with E-state index in [0.717, 1.165) is 29.9 Å². The zero-order valence-electron chi connectivity index (χ0n) is 15.6. The molecule has 1 fully saturated rings. The predicted molar refractivity (Wildman–Crippen MR) is 101 cm³/mol. The van der Waals surface area contributed by atoms with Gasteiger partial charge in [-0.15, -0.1) is 5.10 Å². The number of benzene rings is 2. The molecule has 0 atom stereocenters. The molecular formula is C20H21FN6O. The van der Waals surface area contributed by atoms with Gasteiger partial charge in [-0.3, -0.25) is 9.69 Å². The van der Waals surface area contributed by atoms with Gasteiger partial charge in [0.15, 0.2) is 5.82 Å². The third-order valence-corrected chi connectivity index (χ3v) is 4.89. The molecule has 0 aliphatic carbocycles. The highest BCUT2D eigenvalue weighted by molar-refractivity contribution is 5.94. The molecule has 3 aromatic rings. The molecule has 1 aliphatic heterocycles. The highest BCUT2D eigenvalue weighted by atomic mass is 19.1. The van der Waals surface area contributed by atoms with Crippen LogP contribution in [0.2, 0.25) is 0 Å². The minimum absolute atomic E-state index is 0.0690. The SMILES string of the molecule is Cc1cccc(C(=O)N2CCN(Cc3nnnn3-c3ccc(F)cc3)CC2)c1. The highest BCUT2D eigenvalue weighted by Crippen LogP contribution is 2.14. The molecule has 0 radical (unpaired) electrons. The molecule has 0 spiro atoms. The second-order valence-corrected chi connectivity index (χ2v) is 6.92. The molecule has 1 saturated heterocycles. The van der Waals surface area contributed by atoms with Crippen molar-refractivity contribution in [2.24, 2.45) is 0 Å². The van der Waals surface area contributed by atoms with Gasteiger partial charge in [0.05, 0.1) is 12.2 Å². The van der Waals surface area contributed by atoms with E-state index < -0.39 is 0 Å². The van der Waals surface area contributed by atoms with E-state index in [2.05, 4.69) is 20.4 Å². The van der Waals surface area contributed by atoms with Gasteiger partial charge in [0, 0.05) is 31.7 Å². The molecule has 0 unspecified atom stereocenters. The second kappa shape index (κ2) is 7.85. The number of hydrogen-bond acceptors (Lipinski definition) is 5. The third kappa shape index (κ3) is 3.91. The van der Waals surface area contributed by atoms with Gasteiger partial charge < -0.3 is 4.90 Å². The Balaban J connectivity index is 1.38. The quantitative estimate of drug-likeness (QED) is 0.693. The van der Waals surface area contributed by atoms with Gasteiger partial charge in [-0.05, 0) is 53.7 Å². The topological polar surface area (TPSA) is 67.2 Å². The molecule has 0 saturated carbocycles. The molecule has 0 N–H and O–H groups in total. The Kier molecular flexibility index (Phi) is 5.12. The lowest BCUT2D eigenvalue weighted by Crippen LogP contribution is -2.48. The molecule has 144 valence electrons. The normalized spacial score (nSPS) is 15.0. The molecular weight excluding hydrogens is 359 g/mol. The van der Waals surface area contributed by atoms with Gasteiger partial charge >= 0.3 is 0 Å². The molecule has 1 aliphatic rings. The third-order valence-electron chi connectivity index (χ3n) is 4.89.